The summed E-state index contributed by atoms with van der Waals surface area (Å²) in [5.74, 6) is -1.64. The predicted octanol–water partition coefficient (Wildman–Crippen LogP) is 1.88. The van der Waals surface area contributed by atoms with Crippen molar-refractivity contribution in [1.29, 1.82) is 0 Å². The van der Waals surface area contributed by atoms with Gasteiger partial charge in [-0.05, 0) is 18.1 Å². The zero-order valence-corrected chi connectivity index (χ0v) is 7.00. The molecule has 0 aliphatic carbocycles. The first-order valence-electron chi connectivity index (χ1n) is 4.16. The highest BCUT2D eigenvalue weighted by Gasteiger charge is 2.35. The normalized spacial score (nSPS) is 25.9. The Labute approximate surface area is 75.3 Å². The Morgan fingerprint density at radius 2 is 2.23 bits per heavy atom. The van der Waals surface area contributed by atoms with Crippen LogP contribution in [0.3, 0.4) is 0 Å². The predicted molar refractivity (Wildman–Crippen MR) is 45.3 cm³/mol. The van der Waals surface area contributed by atoms with Crippen molar-refractivity contribution in [1.82, 2.24) is 0 Å². The minimum atomic E-state index is -2.12. The lowest BCUT2D eigenvalue weighted by molar-refractivity contribution is -0.140. The Balaban J connectivity index is 2.34. The van der Waals surface area contributed by atoms with E-state index in [9.17, 15) is 9.18 Å². The molecule has 0 spiro atoms. The molecule has 0 bridgehead atoms. The standard InChI is InChI=1S/C10H9FO2/c11-10(7-12)6-5-8-3-1-2-4-9(8)13-10/h1-4,7H,5-6H2. The molecule has 1 aliphatic heterocycles. The number of para-hydroxylation sites is 1. The highest BCUT2D eigenvalue weighted by Crippen LogP contribution is 2.32. The lowest BCUT2D eigenvalue weighted by Gasteiger charge is -2.27. The number of fused-ring (bicyclic) bond motifs is 1. The number of aldehydes is 1. The molecule has 3 heteroatoms. The first-order chi connectivity index (χ1) is 6.23. The van der Waals surface area contributed by atoms with E-state index in [1.165, 1.54) is 0 Å². The van der Waals surface area contributed by atoms with Crippen LogP contribution >= 0.6 is 0 Å². The Kier molecular flexibility index (Phi) is 1.79. The monoisotopic (exact) mass is 180 g/mol. The molecule has 0 N–H and O–H groups in total. The summed E-state index contributed by atoms with van der Waals surface area (Å²) in [7, 11) is 0. The van der Waals surface area contributed by atoms with Gasteiger partial charge in [0.05, 0.1) is 0 Å². The van der Waals surface area contributed by atoms with Crippen LogP contribution < -0.4 is 4.74 Å². The number of hydrogen-bond donors (Lipinski definition) is 0. The molecular weight excluding hydrogens is 171 g/mol. The maximum absolute atomic E-state index is 13.4. The smallest absolute Gasteiger partial charge is 0.303 e. The van der Waals surface area contributed by atoms with Gasteiger partial charge in [0.25, 0.3) is 0 Å². The maximum atomic E-state index is 13.4. The molecule has 68 valence electrons. The molecule has 1 aliphatic rings. The average Bonchev–Trinajstić information content (AvgIpc) is 2.18. The van der Waals surface area contributed by atoms with Gasteiger partial charge in [-0.1, -0.05) is 18.2 Å². The van der Waals surface area contributed by atoms with E-state index in [0.717, 1.165) is 5.56 Å². The number of rotatable bonds is 1. The SMILES string of the molecule is O=CC1(F)CCc2ccccc2O1. The van der Waals surface area contributed by atoms with Gasteiger partial charge in [-0.2, -0.15) is 4.39 Å². The molecule has 1 atom stereocenters. The van der Waals surface area contributed by atoms with Crippen molar-refractivity contribution in [3.05, 3.63) is 29.8 Å². The van der Waals surface area contributed by atoms with Gasteiger partial charge in [-0.15, -0.1) is 0 Å². The Bertz CT molecular complexity index is 337. The minimum Gasteiger partial charge on any atom is -0.451 e. The molecule has 0 aromatic heterocycles. The van der Waals surface area contributed by atoms with Crippen molar-refractivity contribution < 1.29 is 13.9 Å². The number of carbonyl (C=O) groups is 1. The second-order valence-electron chi connectivity index (χ2n) is 3.11. The quantitative estimate of drug-likeness (QED) is 0.617. The van der Waals surface area contributed by atoms with Crippen molar-refractivity contribution in [2.24, 2.45) is 0 Å². The van der Waals surface area contributed by atoms with Crippen molar-refractivity contribution in [3.8, 4) is 5.75 Å². The fourth-order valence-corrected chi connectivity index (χ4v) is 1.43. The summed E-state index contributed by atoms with van der Waals surface area (Å²) in [5.41, 5.74) is 0.956. The van der Waals surface area contributed by atoms with Gasteiger partial charge < -0.3 is 4.74 Å². The Hall–Kier alpha value is -1.38. The van der Waals surface area contributed by atoms with E-state index in [1.807, 2.05) is 12.1 Å². The van der Waals surface area contributed by atoms with Crippen molar-refractivity contribution in [2.45, 2.75) is 18.7 Å². The molecule has 0 amide bonds. The van der Waals surface area contributed by atoms with E-state index in [0.29, 0.717) is 12.2 Å². The molecular formula is C10H9FO2. The highest BCUT2D eigenvalue weighted by atomic mass is 19.2. The fraction of sp³-hybridized carbons (Fsp3) is 0.300. The molecule has 1 unspecified atom stereocenters. The first-order valence-corrected chi connectivity index (χ1v) is 4.16. The zero-order chi connectivity index (χ0) is 9.31. The summed E-state index contributed by atoms with van der Waals surface area (Å²) in [6.45, 7) is 0. The maximum Gasteiger partial charge on any atom is 0.303 e. The summed E-state index contributed by atoms with van der Waals surface area (Å²) in [4.78, 5) is 10.4. The molecule has 1 heterocycles. The first kappa shape index (κ1) is 8.23. The summed E-state index contributed by atoms with van der Waals surface area (Å²) >= 11 is 0. The highest BCUT2D eigenvalue weighted by molar-refractivity contribution is 5.62. The van der Waals surface area contributed by atoms with E-state index in [2.05, 4.69) is 0 Å². The molecule has 2 rings (SSSR count). The fourth-order valence-electron chi connectivity index (χ4n) is 1.43. The number of hydrogen-bond acceptors (Lipinski definition) is 2. The molecule has 1 aromatic carbocycles. The largest absolute Gasteiger partial charge is 0.451 e. The molecule has 0 saturated heterocycles. The summed E-state index contributed by atoms with van der Waals surface area (Å²) in [6, 6.07) is 7.18. The van der Waals surface area contributed by atoms with Crippen molar-refractivity contribution >= 4 is 6.29 Å². The van der Waals surface area contributed by atoms with Gasteiger partial charge >= 0.3 is 5.85 Å². The third-order valence-electron chi connectivity index (χ3n) is 2.16. The number of ether oxygens (including phenoxy) is 1. The number of aryl methyl sites for hydroxylation is 1. The van der Waals surface area contributed by atoms with E-state index in [4.69, 9.17) is 4.74 Å². The number of alkyl halides is 1. The molecule has 2 nitrogen and oxygen atoms in total. The van der Waals surface area contributed by atoms with E-state index in [1.54, 1.807) is 12.1 Å². The van der Waals surface area contributed by atoms with E-state index < -0.39 is 5.85 Å². The van der Waals surface area contributed by atoms with Crippen molar-refractivity contribution in [3.63, 3.8) is 0 Å². The van der Waals surface area contributed by atoms with Gasteiger partial charge in [-0.3, -0.25) is 4.79 Å². The van der Waals surface area contributed by atoms with Gasteiger partial charge in [0.1, 0.15) is 5.75 Å². The Morgan fingerprint density at radius 1 is 1.46 bits per heavy atom. The lowest BCUT2D eigenvalue weighted by atomic mass is 10.0. The number of halogens is 1. The van der Waals surface area contributed by atoms with E-state index in [-0.39, 0.29) is 12.7 Å². The van der Waals surface area contributed by atoms with Gasteiger partial charge in [0, 0.05) is 6.42 Å². The lowest BCUT2D eigenvalue weighted by Crippen LogP contribution is -2.36. The molecule has 0 radical (unpaired) electrons. The van der Waals surface area contributed by atoms with Crippen LogP contribution in [0.2, 0.25) is 0 Å². The Morgan fingerprint density at radius 3 is 3.00 bits per heavy atom. The van der Waals surface area contributed by atoms with E-state index >= 15 is 0 Å². The summed E-state index contributed by atoms with van der Waals surface area (Å²) < 4.78 is 18.3. The molecule has 1 aromatic rings. The second-order valence-corrected chi connectivity index (χ2v) is 3.11. The van der Waals surface area contributed by atoms with Crippen LogP contribution in [0.25, 0.3) is 0 Å². The van der Waals surface area contributed by atoms with Crippen LogP contribution in [-0.2, 0) is 11.2 Å². The van der Waals surface area contributed by atoms with Crippen LogP contribution in [0.1, 0.15) is 12.0 Å². The number of carbonyl (C=O) groups excluding carboxylic acids is 1. The third kappa shape index (κ3) is 1.41. The van der Waals surface area contributed by atoms with Crippen molar-refractivity contribution in [2.75, 3.05) is 0 Å². The van der Waals surface area contributed by atoms with Gasteiger partial charge in [-0.25, -0.2) is 0 Å². The van der Waals surface area contributed by atoms with Crippen LogP contribution in [0.4, 0.5) is 4.39 Å². The average molecular weight is 180 g/mol. The molecule has 0 fully saturated rings. The zero-order valence-electron chi connectivity index (χ0n) is 7.00. The van der Waals surface area contributed by atoms with Crippen LogP contribution in [-0.4, -0.2) is 12.1 Å². The summed E-state index contributed by atoms with van der Waals surface area (Å²) in [6.07, 6.45) is 0.877. The van der Waals surface area contributed by atoms with Gasteiger partial charge in [0.2, 0.25) is 0 Å². The van der Waals surface area contributed by atoms with Crippen LogP contribution in [0.15, 0.2) is 24.3 Å². The minimum absolute atomic E-state index is 0.105. The van der Waals surface area contributed by atoms with Crippen LogP contribution in [0.5, 0.6) is 5.75 Å². The number of benzene rings is 1. The van der Waals surface area contributed by atoms with Gasteiger partial charge in [0.15, 0.2) is 6.29 Å². The second kappa shape index (κ2) is 2.83. The summed E-state index contributed by atoms with van der Waals surface area (Å²) in [5, 5.41) is 0. The molecule has 0 saturated carbocycles. The third-order valence-corrected chi connectivity index (χ3v) is 2.16. The topological polar surface area (TPSA) is 26.3 Å². The van der Waals surface area contributed by atoms with Crippen LogP contribution in [0, 0.1) is 0 Å². The molecule has 13 heavy (non-hydrogen) atoms.